The summed E-state index contributed by atoms with van der Waals surface area (Å²) in [5, 5.41) is 0. The van der Waals surface area contributed by atoms with Crippen LogP contribution < -0.4 is 0 Å². The summed E-state index contributed by atoms with van der Waals surface area (Å²) in [5.41, 5.74) is 2.31. The van der Waals surface area contributed by atoms with Gasteiger partial charge >= 0.3 is 0 Å². The third-order valence-electron chi connectivity index (χ3n) is 2.77. The molecule has 0 N–H and O–H groups in total. The van der Waals surface area contributed by atoms with Crippen molar-refractivity contribution in [2.45, 2.75) is 52.9 Å². The first kappa shape index (κ1) is 12.2. The summed E-state index contributed by atoms with van der Waals surface area (Å²) >= 11 is 0. The van der Waals surface area contributed by atoms with Gasteiger partial charge in [0.25, 0.3) is 0 Å². The summed E-state index contributed by atoms with van der Waals surface area (Å²) in [4.78, 5) is 11.6. The highest BCUT2D eigenvalue weighted by atomic mass is 16.1. The molecule has 0 spiro atoms. The molecule has 0 amide bonds. The molecule has 0 fully saturated rings. The maximum atomic E-state index is 11.6. The van der Waals surface area contributed by atoms with Crippen LogP contribution in [0.4, 0.5) is 0 Å². The van der Waals surface area contributed by atoms with Gasteiger partial charge in [0.15, 0.2) is 5.78 Å². The number of allylic oxidation sites excluding steroid dienone is 4. The van der Waals surface area contributed by atoms with Gasteiger partial charge < -0.3 is 0 Å². The molecule has 0 bridgehead atoms. The van der Waals surface area contributed by atoms with Crippen LogP contribution in [0.5, 0.6) is 0 Å². The maximum absolute atomic E-state index is 11.6. The van der Waals surface area contributed by atoms with Gasteiger partial charge in [0.2, 0.25) is 0 Å². The molecule has 0 unspecified atom stereocenters. The number of rotatable bonds is 5. The van der Waals surface area contributed by atoms with Crippen LogP contribution in [0.3, 0.4) is 0 Å². The number of carbonyl (C=O) groups excluding carboxylic acids is 1. The highest BCUT2D eigenvalue weighted by molar-refractivity contribution is 6.03. The fraction of sp³-hybridized carbons (Fsp3) is 0.643. The van der Waals surface area contributed by atoms with Gasteiger partial charge in [-0.2, -0.15) is 0 Å². The largest absolute Gasteiger partial charge is 0.294 e. The van der Waals surface area contributed by atoms with Crippen molar-refractivity contribution < 1.29 is 4.79 Å². The number of hydrogen-bond donors (Lipinski definition) is 0. The van der Waals surface area contributed by atoms with Crippen molar-refractivity contribution >= 4 is 5.78 Å². The van der Waals surface area contributed by atoms with E-state index in [2.05, 4.69) is 32.9 Å². The highest BCUT2D eigenvalue weighted by Gasteiger charge is 2.19. The van der Waals surface area contributed by atoms with Crippen LogP contribution in [0.15, 0.2) is 23.3 Å². The van der Waals surface area contributed by atoms with Crippen molar-refractivity contribution in [3.05, 3.63) is 23.3 Å². The van der Waals surface area contributed by atoms with Gasteiger partial charge in [-0.05, 0) is 30.8 Å². The fourth-order valence-corrected chi connectivity index (χ4v) is 1.82. The zero-order valence-electron chi connectivity index (χ0n) is 10.2. The molecule has 1 heteroatoms. The number of unbranched alkanes of at least 4 members (excludes halogenated alkanes) is 1. The second kappa shape index (κ2) is 5.89. The first-order chi connectivity index (χ1) is 7.15. The van der Waals surface area contributed by atoms with E-state index < -0.39 is 0 Å². The summed E-state index contributed by atoms with van der Waals surface area (Å²) in [6.45, 7) is 6.56. The molecule has 0 saturated heterocycles. The van der Waals surface area contributed by atoms with Crippen molar-refractivity contribution in [3.8, 4) is 0 Å². The number of carbonyl (C=O) groups is 1. The molecule has 0 atom stereocenters. The van der Waals surface area contributed by atoms with Crippen molar-refractivity contribution in [3.63, 3.8) is 0 Å². The lowest BCUT2D eigenvalue weighted by Gasteiger charge is -2.05. The molecule has 0 radical (unpaired) electrons. The zero-order valence-corrected chi connectivity index (χ0v) is 10.2. The van der Waals surface area contributed by atoms with Crippen LogP contribution >= 0.6 is 0 Å². The predicted octanol–water partition coefficient (Wildman–Crippen LogP) is 4.05. The van der Waals surface area contributed by atoms with E-state index in [1.54, 1.807) is 0 Å². The Morgan fingerprint density at radius 3 is 2.80 bits per heavy atom. The van der Waals surface area contributed by atoms with Crippen LogP contribution in [0, 0.1) is 5.92 Å². The Kier molecular flexibility index (Phi) is 4.80. The molecule has 0 aromatic carbocycles. The van der Waals surface area contributed by atoms with Gasteiger partial charge in [-0.15, -0.1) is 0 Å². The van der Waals surface area contributed by atoms with E-state index in [0.29, 0.717) is 18.1 Å². The molecule has 1 rings (SSSR count). The average molecular weight is 206 g/mol. The standard InChI is InChI=1S/C14H22O/c1-4-5-6-12-8-10-14(15)13(12)9-7-11(2)3/h8-9,11H,4-7,10H2,1-3H3. The van der Waals surface area contributed by atoms with Gasteiger partial charge in [-0.3, -0.25) is 4.79 Å². The van der Waals surface area contributed by atoms with Crippen LogP contribution in [0.2, 0.25) is 0 Å². The minimum absolute atomic E-state index is 0.321. The number of ketones is 1. The summed E-state index contributed by atoms with van der Waals surface area (Å²) in [7, 11) is 0. The Morgan fingerprint density at radius 2 is 2.20 bits per heavy atom. The highest BCUT2D eigenvalue weighted by Crippen LogP contribution is 2.27. The Bertz CT molecular complexity index is 282. The van der Waals surface area contributed by atoms with Gasteiger partial charge in [-0.25, -0.2) is 0 Å². The molecule has 1 aliphatic rings. The van der Waals surface area contributed by atoms with Gasteiger partial charge in [0.1, 0.15) is 0 Å². The quantitative estimate of drug-likeness (QED) is 0.620. The fourth-order valence-electron chi connectivity index (χ4n) is 1.82. The summed E-state index contributed by atoms with van der Waals surface area (Å²) in [6, 6.07) is 0. The topological polar surface area (TPSA) is 17.1 Å². The van der Waals surface area contributed by atoms with Crippen LogP contribution in [0.25, 0.3) is 0 Å². The molecular formula is C14H22O. The molecule has 0 aliphatic heterocycles. The molecule has 0 heterocycles. The molecule has 84 valence electrons. The van der Waals surface area contributed by atoms with Gasteiger partial charge in [-0.1, -0.05) is 39.3 Å². The van der Waals surface area contributed by atoms with Crippen molar-refractivity contribution in [2.24, 2.45) is 5.92 Å². The lowest BCUT2D eigenvalue weighted by Crippen LogP contribution is -1.98. The lowest BCUT2D eigenvalue weighted by molar-refractivity contribution is -0.114. The van der Waals surface area contributed by atoms with Crippen LogP contribution in [0.1, 0.15) is 52.9 Å². The van der Waals surface area contributed by atoms with Crippen LogP contribution in [-0.4, -0.2) is 5.78 Å². The number of hydrogen-bond acceptors (Lipinski definition) is 1. The monoisotopic (exact) mass is 206 g/mol. The smallest absolute Gasteiger partial charge is 0.166 e. The molecular weight excluding hydrogens is 184 g/mol. The van der Waals surface area contributed by atoms with Gasteiger partial charge in [0.05, 0.1) is 0 Å². The number of Topliss-reactive ketones (excluding diaryl/α,β-unsaturated/α-hetero) is 1. The SMILES string of the molecule is CCCCC1=CCC(=O)C1=CCC(C)C. The average Bonchev–Trinajstić information content (AvgIpc) is 2.53. The minimum atomic E-state index is 0.321. The van der Waals surface area contributed by atoms with Crippen molar-refractivity contribution in [1.82, 2.24) is 0 Å². The van der Waals surface area contributed by atoms with E-state index in [9.17, 15) is 4.79 Å². The van der Waals surface area contributed by atoms with E-state index in [1.807, 2.05) is 0 Å². The van der Waals surface area contributed by atoms with Crippen molar-refractivity contribution in [2.75, 3.05) is 0 Å². The first-order valence-electron chi connectivity index (χ1n) is 6.08. The lowest BCUT2D eigenvalue weighted by atomic mass is 9.99. The Morgan fingerprint density at radius 1 is 1.47 bits per heavy atom. The second-order valence-corrected chi connectivity index (χ2v) is 4.71. The normalized spacial score (nSPS) is 19.1. The molecule has 0 aromatic heterocycles. The zero-order chi connectivity index (χ0) is 11.3. The van der Waals surface area contributed by atoms with E-state index in [1.165, 1.54) is 18.4 Å². The maximum Gasteiger partial charge on any atom is 0.166 e. The van der Waals surface area contributed by atoms with Crippen LogP contribution in [-0.2, 0) is 4.79 Å². The summed E-state index contributed by atoms with van der Waals surface area (Å²) in [5.74, 6) is 0.958. The summed E-state index contributed by atoms with van der Waals surface area (Å²) < 4.78 is 0. The van der Waals surface area contributed by atoms with E-state index in [0.717, 1.165) is 18.4 Å². The molecule has 0 aromatic rings. The minimum Gasteiger partial charge on any atom is -0.294 e. The van der Waals surface area contributed by atoms with E-state index in [4.69, 9.17) is 0 Å². The molecule has 15 heavy (non-hydrogen) atoms. The second-order valence-electron chi connectivity index (χ2n) is 4.71. The Labute approximate surface area is 93.3 Å². The van der Waals surface area contributed by atoms with E-state index in [-0.39, 0.29) is 0 Å². The summed E-state index contributed by atoms with van der Waals surface area (Å²) in [6.07, 6.45) is 9.37. The Balaban J connectivity index is 2.62. The molecule has 0 saturated carbocycles. The van der Waals surface area contributed by atoms with E-state index >= 15 is 0 Å². The predicted molar refractivity (Wildman–Crippen MR) is 64.8 cm³/mol. The van der Waals surface area contributed by atoms with Gasteiger partial charge in [0, 0.05) is 12.0 Å². The molecule has 1 aliphatic carbocycles. The van der Waals surface area contributed by atoms with Crippen molar-refractivity contribution in [1.29, 1.82) is 0 Å². The first-order valence-corrected chi connectivity index (χ1v) is 6.08. The molecule has 1 nitrogen and oxygen atoms in total. The third kappa shape index (κ3) is 3.65. The third-order valence-corrected chi connectivity index (χ3v) is 2.77. The Hall–Kier alpha value is -0.850.